The maximum absolute atomic E-state index is 13.2. The van der Waals surface area contributed by atoms with E-state index in [9.17, 15) is 9.59 Å². The fourth-order valence-electron chi connectivity index (χ4n) is 5.10. The van der Waals surface area contributed by atoms with Crippen molar-refractivity contribution in [2.45, 2.75) is 69.9 Å². The Morgan fingerprint density at radius 1 is 0.962 bits per heavy atom. The molecule has 1 aromatic carbocycles. The van der Waals surface area contributed by atoms with Gasteiger partial charge in [-0.15, -0.1) is 0 Å². The van der Waals surface area contributed by atoms with E-state index in [0.717, 1.165) is 57.9 Å². The molecule has 0 unspecified atom stereocenters. The molecule has 4 nitrogen and oxygen atoms in total. The van der Waals surface area contributed by atoms with Crippen molar-refractivity contribution in [2.75, 3.05) is 13.6 Å². The molecule has 4 rings (SSSR count). The summed E-state index contributed by atoms with van der Waals surface area (Å²) in [6, 6.07) is 8.48. The Kier molecular flexibility index (Phi) is 5.01. The Morgan fingerprint density at radius 2 is 1.62 bits per heavy atom. The first kappa shape index (κ1) is 17.6. The number of benzene rings is 1. The van der Waals surface area contributed by atoms with Crippen LogP contribution in [-0.4, -0.2) is 47.3 Å². The zero-order chi connectivity index (χ0) is 18.1. The molecule has 26 heavy (non-hydrogen) atoms. The van der Waals surface area contributed by atoms with Gasteiger partial charge in [-0.05, 0) is 49.7 Å². The summed E-state index contributed by atoms with van der Waals surface area (Å²) in [5, 5.41) is 0. The summed E-state index contributed by atoms with van der Waals surface area (Å²) in [7, 11) is 1.93. The normalized spacial score (nSPS) is 23.9. The van der Waals surface area contributed by atoms with Crippen LogP contribution in [0.5, 0.6) is 0 Å². The fraction of sp³-hybridized carbons (Fsp3) is 0.636. The number of rotatable bonds is 3. The van der Waals surface area contributed by atoms with Crippen molar-refractivity contribution in [3.8, 4) is 0 Å². The molecule has 2 fully saturated rings. The summed E-state index contributed by atoms with van der Waals surface area (Å²) in [5.74, 6) is 0.534. The average Bonchev–Trinajstić information content (AvgIpc) is 3.33. The fourth-order valence-corrected chi connectivity index (χ4v) is 5.10. The van der Waals surface area contributed by atoms with Gasteiger partial charge in [-0.1, -0.05) is 43.5 Å². The number of hydrogen-bond acceptors (Lipinski definition) is 2. The van der Waals surface area contributed by atoms with Crippen LogP contribution in [0.4, 0.5) is 0 Å². The van der Waals surface area contributed by atoms with E-state index < -0.39 is 0 Å². The summed E-state index contributed by atoms with van der Waals surface area (Å²) in [5.41, 5.74) is 2.72. The average molecular weight is 354 g/mol. The molecular weight excluding hydrogens is 324 g/mol. The van der Waals surface area contributed by atoms with E-state index in [1.165, 1.54) is 17.5 Å². The van der Waals surface area contributed by atoms with Gasteiger partial charge < -0.3 is 9.80 Å². The molecule has 2 amide bonds. The number of hydrogen-bond donors (Lipinski definition) is 0. The Labute approximate surface area is 156 Å². The van der Waals surface area contributed by atoms with Crippen LogP contribution in [0.25, 0.3) is 0 Å². The topological polar surface area (TPSA) is 40.6 Å². The van der Waals surface area contributed by atoms with E-state index >= 15 is 0 Å². The van der Waals surface area contributed by atoms with Crippen molar-refractivity contribution in [3.63, 3.8) is 0 Å². The number of carbonyl (C=O) groups is 2. The maximum Gasteiger partial charge on any atom is 0.245 e. The van der Waals surface area contributed by atoms with Gasteiger partial charge in [0.1, 0.15) is 6.04 Å². The minimum Gasteiger partial charge on any atom is -0.340 e. The summed E-state index contributed by atoms with van der Waals surface area (Å²) < 4.78 is 0. The number of carbonyl (C=O) groups excluding carboxylic acids is 2. The SMILES string of the molecule is CN(C(=O)[C@@H]1CCCN1C(=O)C1CCCCC1)C1Cc2ccccc2C1. The van der Waals surface area contributed by atoms with Crippen molar-refractivity contribution in [2.24, 2.45) is 5.92 Å². The second-order valence-corrected chi connectivity index (χ2v) is 8.30. The summed E-state index contributed by atoms with van der Waals surface area (Å²) in [6.45, 7) is 0.754. The Balaban J connectivity index is 1.42. The highest BCUT2D eigenvalue weighted by atomic mass is 16.2. The molecule has 1 heterocycles. The molecule has 1 aromatic rings. The van der Waals surface area contributed by atoms with Crippen LogP contribution in [0.2, 0.25) is 0 Å². The highest BCUT2D eigenvalue weighted by molar-refractivity contribution is 5.89. The molecule has 0 bridgehead atoms. The van der Waals surface area contributed by atoms with Gasteiger partial charge in [0.05, 0.1) is 0 Å². The lowest BCUT2D eigenvalue weighted by Crippen LogP contribution is -2.51. The predicted octanol–water partition coefficient (Wildman–Crippen LogP) is 3.18. The standard InChI is InChI=1S/C22H30N2O2/c1-23(19-14-17-10-5-6-11-18(17)15-19)22(26)20-12-7-13-24(20)21(25)16-8-3-2-4-9-16/h5-6,10-11,16,19-20H,2-4,7-9,12-15H2,1H3/t20-/m0/s1. The number of nitrogens with zero attached hydrogens (tertiary/aromatic N) is 2. The number of likely N-dealkylation sites (tertiary alicyclic amines) is 1. The van der Waals surface area contributed by atoms with Crippen LogP contribution < -0.4 is 0 Å². The first-order valence-corrected chi connectivity index (χ1v) is 10.3. The molecular formula is C22H30N2O2. The van der Waals surface area contributed by atoms with E-state index in [-0.39, 0.29) is 29.8 Å². The quantitative estimate of drug-likeness (QED) is 0.836. The lowest BCUT2D eigenvalue weighted by Gasteiger charge is -2.34. The van der Waals surface area contributed by atoms with Gasteiger partial charge in [-0.25, -0.2) is 0 Å². The van der Waals surface area contributed by atoms with Gasteiger partial charge >= 0.3 is 0 Å². The monoisotopic (exact) mass is 354 g/mol. The van der Waals surface area contributed by atoms with Crippen LogP contribution in [0.3, 0.4) is 0 Å². The number of amides is 2. The van der Waals surface area contributed by atoms with E-state index in [1.807, 2.05) is 16.8 Å². The van der Waals surface area contributed by atoms with Gasteiger partial charge in [0.25, 0.3) is 0 Å². The molecule has 2 aliphatic carbocycles. The van der Waals surface area contributed by atoms with E-state index in [1.54, 1.807) is 0 Å². The summed E-state index contributed by atoms with van der Waals surface area (Å²) in [4.78, 5) is 30.0. The first-order valence-electron chi connectivity index (χ1n) is 10.3. The zero-order valence-electron chi connectivity index (χ0n) is 15.8. The number of fused-ring (bicyclic) bond motifs is 1. The van der Waals surface area contributed by atoms with Crippen molar-refractivity contribution >= 4 is 11.8 Å². The van der Waals surface area contributed by atoms with Gasteiger partial charge in [-0.2, -0.15) is 0 Å². The predicted molar refractivity (Wildman–Crippen MR) is 102 cm³/mol. The molecule has 0 N–H and O–H groups in total. The van der Waals surface area contributed by atoms with Gasteiger partial charge in [0.15, 0.2) is 0 Å². The third kappa shape index (κ3) is 3.26. The van der Waals surface area contributed by atoms with Crippen LogP contribution in [0, 0.1) is 5.92 Å². The zero-order valence-corrected chi connectivity index (χ0v) is 15.8. The van der Waals surface area contributed by atoms with Crippen molar-refractivity contribution in [3.05, 3.63) is 35.4 Å². The molecule has 1 saturated heterocycles. The summed E-state index contributed by atoms with van der Waals surface area (Å²) in [6.07, 6.45) is 9.20. The molecule has 0 spiro atoms. The second-order valence-electron chi connectivity index (χ2n) is 8.30. The lowest BCUT2D eigenvalue weighted by molar-refractivity contribution is -0.147. The van der Waals surface area contributed by atoms with Crippen LogP contribution in [0.15, 0.2) is 24.3 Å². The molecule has 1 atom stereocenters. The van der Waals surface area contributed by atoms with E-state index in [0.29, 0.717) is 0 Å². The van der Waals surface area contributed by atoms with Crippen LogP contribution >= 0.6 is 0 Å². The van der Waals surface area contributed by atoms with Crippen LogP contribution in [-0.2, 0) is 22.4 Å². The van der Waals surface area contributed by atoms with Crippen molar-refractivity contribution in [1.82, 2.24) is 9.80 Å². The van der Waals surface area contributed by atoms with Crippen molar-refractivity contribution in [1.29, 1.82) is 0 Å². The smallest absolute Gasteiger partial charge is 0.245 e. The second kappa shape index (κ2) is 7.42. The summed E-state index contributed by atoms with van der Waals surface area (Å²) >= 11 is 0. The molecule has 1 aliphatic heterocycles. The minimum atomic E-state index is -0.238. The highest BCUT2D eigenvalue weighted by Crippen LogP contribution is 2.31. The third-order valence-corrected chi connectivity index (χ3v) is 6.70. The number of likely N-dealkylation sites (N-methyl/N-ethyl adjacent to an activating group) is 1. The molecule has 0 radical (unpaired) electrons. The Bertz CT molecular complexity index is 655. The largest absolute Gasteiger partial charge is 0.340 e. The molecule has 140 valence electrons. The minimum absolute atomic E-state index is 0.143. The lowest BCUT2D eigenvalue weighted by atomic mass is 9.88. The van der Waals surface area contributed by atoms with E-state index in [4.69, 9.17) is 0 Å². The van der Waals surface area contributed by atoms with Crippen LogP contribution in [0.1, 0.15) is 56.1 Å². The maximum atomic E-state index is 13.2. The Morgan fingerprint density at radius 3 is 2.27 bits per heavy atom. The van der Waals surface area contributed by atoms with Gasteiger partial charge in [0.2, 0.25) is 11.8 Å². The molecule has 1 saturated carbocycles. The Hall–Kier alpha value is -1.84. The highest BCUT2D eigenvalue weighted by Gasteiger charge is 2.40. The third-order valence-electron chi connectivity index (χ3n) is 6.70. The van der Waals surface area contributed by atoms with E-state index in [2.05, 4.69) is 24.3 Å². The van der Waals surface area contributed by atoms with Gasteiger partial charge in [0, 0.05) is 25.6 Å². The first-order chi connectivity index (χ1) is 12.6. The molecule has 4 heteroatoms. The molecule has 0 aromatic heterocycles. The van der Waals surface area contributed by atoms with Crippen molar-refractivity contribution < 1.29 is 9.59 Å². The molecule has 3 aliphatic rings. The van der Waals surface area contributed by atoms with Gasteiger partial charge in [-0.3, -0.25) is 9.59 Å².